The summed E-state index contributed by atoms with van der Waals surface area (Å²) in [5.74, 6) is -2.07. The highest BCUT2D eigenvalue weighted by Crippen LogP contribution is 2.14. The van der Waals surface area contributed by atoms with Gasteiger partial charge in [0.1, 0.15) is 0 Å². The van der Waals surface area contributed by atoms with E-state index in [9.17, 15) is 19.5 Å². The zero-order chi connectivity index (χ0) is 19.8. The van der Waals surface area contributed by atoms with Gasteiger partial charge in [-0.2, -0.15) is 0 Å². The molecule has 0 saturated carbocycles. The van der Waals surface area contributed by atoms with E-state index in [1.165, 1.54) is 6.20 Å². The van der Waals surface area contributed by atoms with Crippen molar-refractivity contribution in [2.24, 2.45) is 11.8 Å². The molecule has 0 saturated heterocycles. The maximum atomic E-state index is 12.3. The van der Waals surface area contributed by atoms with Crippen molar-refractivity contribution in [3.05, 3.63) is 59.9 Å². The quantitative estimate of drug-likeness (QED) is 0.663. The average molecular weight is 369 g/mol. The number of amides is 2. The van der Waals surface area contributed by atoms with Crippen LogP contribution in [0.1, 0.15) is 41.0 Å². The van der Waals surface area contributed by atoms with Gasteiger partial charge in [0.15, 0.2) is 0 Å². The number of carbonyl (C=O) groups excluding carboxylic acids is 2. The monoisotopic (exact) mass is 369 g/mol. The summed E-state index contributed by atoms with van der Waals surface area (Å²) in [5, 5.41) is 14.6. The van der Waals surface area contributed by atoms with Gasteiger partial charge < -0.3 is 15.7 Å². The van der Waals surface area contributed by atoms with Crippen LogP contribution in [-0.2, 0) is 4.79 Å². The molecule has 3 N–H and O–H groups in total. The number of carbonyl (C=O) groups is 3. The number of aliphatic carboxylic acids is 1. The maximum Gasteiger partial charge on any atom is 0.308 e. The molecule has 0 radical (unpaired) electrons. The van der Waals surface area contributed by atoms with Gasteiger partial charge in [-0.1, -0.05) is 19.9 Å². The van der Waals surface area contributed by atoms with Gasteiger partial charge in [0.05, 0.1) is 11.5 Å². The summed E-state index contributed by atoms with van der Waals surface area (Å²) in [6.45, 7) is 3.93. The molecule has 1 aromatic heterocycles. The van der Waals surface area contributed by atoms with Crippen LogP contribution in [0.15, 0.2) is 48.8 Å². The van der Waals surface area contributed by atoms with Crippen molar-refractivity contribution in [1.82, 2.24) is 10.3 Å². The van der Waals surface area contributed by atoms with Gasteiger partial charge in [0.2, 0.25) is 0 Å². The van der Waals surface area contributed by atoms with Crippen LogP contribution in [0.4, 0.5) is 5.69 Å². The molecule has 7 nitrogen and oxygen atoms in total. The first kappa shape index (κ1) is 20.1. The fraction of sp³-hybridized carbons (Fsp3) is 0.300. The molecule has 0 aliphatic heterocycles. The van der Waals surface area contributed by atoms with Crippen LogP contribution in [0, 0.1) is 11.8 Å². The summed E-state index contributed by atoms with van der Waals surface area (Å²) >= 11 is 0. The zero-order valence-corrected chi connectivity index (χ0v) is 15.3. The summed E-state index contributed by atoms with van der Waals surface area (Å²) in [7, 11) is 0. The Balaban J connectivity index is 2.00. The summed E-state index contributed by atoms with van der Waals surface area (Å²) in [4.78, 5) is 39.7. The fourth-order valence-corrected chi connectivity index (χ4v) is 2.60. The van der Waals surface area contributed by atoms with Crippen LogP contribution in [0.25, 0.3) is 0 Å². The van der Waals surface area contributed by atoms with Crippen LogP contribution in [0.2, 0.25) is 0 Å². The number of pyridine rings is 1. The van der Waals surface area contributed by atoms with Gasteiger partial charge in [0.25, 0.3) is 11.8 Å². The van der Waals surface area contributed by atoms with E-state index in [1.807, 2.05) is 13.8 Å². The highest BCUT2D eigenvalue weighted by Gasteiger charge is 2.20. The van der Waals surface area contributed by atoms with E-state index in [0.29, 0.717) is 23.2 Å². The summed E-state index contributed by atoms with van der Waals surface area (Å²) in [5.41, 5.74) is 1.21. The summed E-state index contributed by atoms with van der Waals surface area (Å²) in [6, 6.07) is 9.77. The number of hydrogen-bond donors (Lipinski definition) is 3. The highest BCUT2D eigenvalue weighted by molar-refractivity contribution is 6.04. The number of aromatic nitrogens is 1. The number of carboxylic acid groups (broad SMARTS) is 1. The predicted molar refractivity (Wildman–Crippen MR) is 102 cm³/mol. The van der Waals surface area contributed by atoms with Gasteiger partial charge in [-0.05, 0) is 42.7 Å². The second-order valence-corrected chi connectivity index (χ2v) is 6.65. The van der Waals surface area contributed by atoms with E-state index >= 15 is 0 Å². The molecule has 0 aliphatic rings. The minimum atomic E-state index is -0.929. The third-order valence-electron chi connectivity index (χ3n) is 3.92. The molecule has 2 rings (SSSR count). The Bertz CT molecular complexity index is 806. The van der Waals surface area contributed by atoms with Crippen molar-refractivity contribution >= 4 is 23.5 Å². The minimum Gasteiger partial charge on any atom is -0.481 e. The SMILES string of the molecule is CC(C)CC(CNC(=O)c1cccc(NC(=O)c2cccnc2)c1)C(=O)O. The molecule has 1 aromatic carbocycles. The number of rotatable bonds is 8. The number of nitrogens with one attached hydrogen (secondary N) is 2. The first-order valence-electron chi connectivity index (χ1n) is 8.69. The maximum absolute atomic E-state index is 12.3. The molecule has 0 fully saturated rings. The average Bonchev–Trinajstić information content (AvgIpc) is 2.65. The van der Waals surface area contributed by atoms with Crippen molar-refractivity contribution in [2.45, 2.75) is 20.3 Å². The number of nitrogens with zero attached hydrogens (tertiary/aromatic N) is 1. The van der Waals surface area contributed by atoms with Crippen LogP contribution < -0.4 is 10.6 Å². The molecule has 0 spiro atoms. The van der Waals surface area contributed by atoms with Crippen molar-refractivity contribution in [3.63, 3.8) is 0 Å². The topological polar surface area (TPSA) is 108 Å². The minimum absolute atomic E-state index is 0.0542. The summed E-state index contributed by atoms with van der Waals surface area (Å²) in [6.07, 6.45) is 3.51. The second kappa shape index (κ2) is 9.47. The Kier molecular flexibility index (Phi) is 7.05. The molecular weight excluding hydrogens is 346 g/mol. The van der Waals surface area contributed by atoms with E-state index in [0.717, 1.165) is 0 Å². The van der Waals surface area contributed by atoms with E-state index < -0.39 is 11.9 Å². The van der Waals surface area contributed by atoms with E-state index in [1.54, 1.807) is 42.6 Å². The lowest BCUT2D eigenvalue weighted by molar-refractivity contribution is -0.142. The predicted octanol–water partition coefficient (Wildman–Crippen LogP) is 2.81. The standard InChI is InChI=1S/C20H23N3O4/c1-13(2)9-16(20(26)27)12-22-18(24)14-5-3-7-17(10-14)23-19(25)15-6-4-8-21-11-15/h3-8,10-11,13,16H,9,12H2,1-2H3,(H,22,24)(H,23,25)(H,26,27). The third kappa shape index (κ3) is 6.22. The molecule has 0 aliphatic carbocycles. The molecule has 2 aromatic rings. The van der Waals surface area contributed by atoms with Crippen molar-refractivity contribution in [2.75, 3.05) is 11.9 Å². The lowest BCUT2D eigenvalue weighted by Gasteiger charge is -2.15. The van der Waals surface area contributed by atoms with Crippen LogP contribution in [0.3, 0.4) is 0 Å². The highest BCUT2D eigenvalue weighted by atomic mass is 16.4. The largest absolute Gasteiger partial charge is 0.481 e. The molecular formula is C20H23N3O4. The van der Waals surface area contributed by atoms with Crippen LogP contribution in [0.5, 0.6) is 0 Å². The van der Waals surface area contributed by atoms with Gasteiger partial charge >= 0.3 is 5.97 Å². The van der Waals surface area contributed by atoms with E-state index in [2.05, 4.69) is 15.6 Å². The second-order valence-electron chi connectivity index (χ2n) is 6.65. The Morgan fingerprint density at radius 3 is 2.44 bits per heavy atom. The molecule has 27 heavy (non-hydrogen) atoms. The number of anilines is 1. The fourth-order valence-electron chi connectivity index (χ4n) is 2.60. The third-order valence-corrected chi connectivity index (χ3v) is 3.92. The summed E-state index contributed by atoms with van der Waals surface area (Å²) < 4.78 is 0. The first-order chi connectivity index (χ1) is 12.9. The Labute approximate surface area is 157 Å². The molecule has 2 amide bonds. The van der Waals surface area contributed by atoms with Crippen molar-refractivity contribution in [3.8, 4) is 0 Å². The van der Waals surface area contributed by atoms with Crippen molar-refractivity contribution in [1.29, 1.82) is 0 Å². The Hall–Kier alpha value is -3.22. The lowest BCUT2D eigenvalue weighted by atomic mass is 9.97. The van der Waals surface area contributed by atoms with Gasteiger partial charge in [-0.3, -0.25) is 19.4 Å². The molecule has 7 heteroatoms. The van der Waals surface area contributed by atoms with Crippen LogP contribution in [-0.4, -0.2) is 34.4 Å². The van der Waals surface area contributed by atoms with Gasteiger partial charge in [-0.25, -0.2) is 0 Å². The first-order valence-corrected chi connectivity index (χ1v) is 8.69. The van der Waals surface area contributed by atoms with E-state index in [-0.39, 0.29) is 24.3 Å². The Morgan fingerprint density at radius 2 is 1.81 bits per heavy atom. The molecule has 142 valence electrons. The number of carboxylic acids is 1. The van der Waals surface area contributed by atoms with E-state index in [4.69, 9.17) is 0 Å². The van der Waals surface area contributed by atoms with Gasteiger partial charge in [0, 0.05) is 30.2 Å². The lowest BCUT2D eigenvalue weighted by Crippen LogP contribution is -2.33. The Morgan fingerprint density at radius 1 is 1.07 bits per heavy atom. The van der Waals surface area contributed by atoms with Crippen molar-refractivity contribution < 1.29 is 19.5 Å². The molecule has 0 bridgehead atoms. The molecule has 1 heterocycles. The number of hydrogen-bond acceptors (Lipinski definition) is 4. The van der Waals surface area contributed by atoms with Crippen LogP contribution >= 0.6 is 0 Å². The molecule has 1 atom stereocenters. The zero-order valence-electron chi connectivity index (χ0n) is 15.3. The smallest absolute Gasteiger partial charge is 0.308 e. The number of benzene rings is 1. The normalized spacial score (nSPS) is 11.7. The molecule has 1 unspecified atom stereocenters. The van der Waals surface area contributed by atoms with Gasteiger partial charge in [-0.15, -0.1) is 0 Å².